The van der Waals surface area contributed by atoms with E-state index < -0.39 is 0 Å². The fourth-order valence-corrected chi connectivity index (χ4v) is 5.50. The number of nitrogens with zero attached hydrogens (tertiary/aromatic N) is 3. The zero-order chi connectivity index (χ0) is 21.2. The molecule has 0 radical (unpaired) electrons. The van der Waals surface area contributed by atoms with Crippen LogP contribution < -0.4 is 10.5 Å². The van der Waals surface area contributed by atoms with Crippen LogP contribution in [0.3, 0.4) is 0 Å². The van der Waals surface area contributed by atoms with Crippen LogP contribution in [-0.4, -0.2) is 27.6 Å². The van der Waals surface area contributed by atoms with Crippen molar-refractivity contribution in [3.63, 3.8) is 0 Å². The Morgan fingerprint density at radius 2 is 1.94 bits per heavy atom. The van der Waals surface area contributed by atoms with Gasteiger partial charge in [-0.05, 0) is 62.3 Å². The van der Waals surface area contributed by atoms with Gasteiger partial charge in [0.2, 0.25) is 5.88 Å². The van der Waals surface area contributed by atoms with Crippen molar-refractivity contribution in [2.24, 2.45) is 5.73 Å². The van der Waals surface area contributed by atoms with Gasteiger partial charge in [-0.1, -0.05) is 29.8 Å². The van der Waals surface area contributed by atoms with E-state index >= 15 is 0 Å². The Labute approximate surface area is 186 Å². The molecule has 4 aromatic rings. The molecule has 1 aliphatic carbocycles. The SMILES string of the molecule is Cc1cccc(CC(N)COc2nc(-c3ccncc3)nc3sc4c(c23)CCCC4)c1. The van der Waals surface area contributed by atoms with E-state index in [1.807, 2.05) is 12.1 Å². The van der Waals surface area contributed by atoms with E-state index in [0.29, 0.717) is 18.3 Å². The predicted molar refractivity (Wildman–Crippen MR) is 126 cm³/mol. The molecule has 1 aromatic carbocycles. The molecule has 0 bridgehead atoms. The number of rotatable bonds is 6. The minimum absolute atomic E-state index is 0.106. The molecule has 3 heterocycles. The molecule has 5 nitrogen and oxygen atoms in total. The predicted octanol–water partition coefficient (Wildman–Crippen LogP) is 4.89. The number of nitrogens with two attached hydrogens (primary N) is 1. The molecule has 0 aliphatic heterocycles. The Kier molecular flexibility index (Phi) is 5.66. The first kappa shape index (κ1) is 20.1. The Morgan fingerprint density at radius 1 is 1.10 bits per heavy atom. The van der Waals surface area contributed by atoms with E-state index in [1.54, 1.807) is 23.7 Å². The Bertz CT molecular complexity index is 1210. The summed E-state index contributed by atoms with van der Waals surface area (Å²) < 4.78 is 6.29. The average molecular weight is 431 g/mol. The van der Waals surface area contributed by atoms with Gasteiger partial charge in [0.15, 0.2) is 5.82 Å². The minimum Gasteiger partial charge on any atom is -0.475 e. The number of hydrogen-bond donors (Lipinski definition) is 1. The highest BCUT2D eigenvalue weighted by Crippen LogP contribution is 2.40. The van der Waals surface area contributed by atoms with Gasteiger partial charge in [0, 0.05) is 28.9 Å². The highest BCUT2D eigenvalue weighted by Gasteiger charge is 2.23. The largest absolute Gasteiger partial charge is 0.475 e. The first-order valence-corrected chi connectivity index (χ1v) is 11.7. The standard InChI is InChI=1S/C25H26N4OS/c1-16-5-4-6-17(13-16)14-19(26)15-30-24-22-20-7-2-3-8-21(20)31-25(22)29-23(28-24)18-9-11-27-12-10-18/h4-6,9-13,19H,2-3,7-8,14-15,26H2,1H3. The van der Waals surface area contributed by atoms with Crippen molar-refractivity contribution >= 4 is 21.6 Å². The number of aryl methyl sites for hydroxylation is 3. The number of thiophene rings is 1. The topological polar surface area (TPSA) is 73.9 Å². The van der Waals surface area contributed by atoms with Crippen LogP contribution in [0.1, 0.15) is 34.4 Å². The van der Waals surface area contributed by atoms with Crippen LogP contribution in [-0.2, 0) is 19.3 Å². The molecule has 2 N–H and O–H groups in total. The van der Waals surface area contributed by atoms with Gasteiger partial charge in [-0.25, -0.2) is 4.98 Å². The van der Waals surface area contributed by atoms with E-state index in [-0.39, 0.29) is 6.04 Å². The summed E-state index contributed by atoms with van der Waals surface area (Å²) in [6, 6.07) is 12.2. The van der Waals surface area contributed by atoms with Gasteiger partial charge in [0.25, 0.3) is 0 Å². The summed E-state index contributed by atoms with van der Waals surface area (Å²) in [4.78, 5) is 16.3. The molecule has 1 aliphatic rings. The third kappa shape index (κ3) is 4.31. The van der Waals surface area contributed by atoms with Crippen molar-refractivity contribution in [2.45, 2.75) is 45.1 Å². The smallest absolute Gasteiger partial charge is 0.226 e. The first-order chi connectivity index (χ1) is 15.2. The monoisotopic (exact) mass is 430 g/mol. The van der Waals surface area contributed by atoms with Gasteiger partial charge < -0.3 is 10.5 Å². The van der Waals surface area contributed by atoms with Crippen LogP contribution in [0.4, 0.5) is 0 Å². The molecular weight excluding hydrogens is 404 g/mol. The molecule has 1 unspecified atom stereocenters. The Morgan fingerprint density at radius 3 is 2.77 bits per heavy atom. The lowest BCUT2D eigenvalue weighted by molar-refractivity contribution is 0.280. The van der Waals surface area contributed by atoms with Gasteiger partial charge in [-0.15, -0.1) is 11.3 Å². The molecule has 6 heteroatoms. The summed E-state index contributed by atoms with van der Waals surface area (Å²) in [7, 11) is 0. The summed E-state index contributed by atoms with van der Waals surface area (Å²) in [6.45, 7) is 2.52. The van der Waals surface area contributed by atoms with Gasteiger partial charge in [-0.3, -0.25) is 4.98 Å². The highest BCUT2D eigenvalue weighted by atomic mass is 32.1. The van der Waals surface area contributed by atoms with Crippen molar-refractivity contribution in [1.82, 2.24) is 15.0 Å². The molecule has 0 spiro atoms. The van der Waals surface area contributed by atoms with Gasteiger partial charge in [-0.2, -0.15) is 4.98 Å². The summed E-state index contributed by atoms with van der Waals surface area (Å²) in [5.41, 5.74) is 11.2. The molecule has 5 rings (SSSR count). The molecule has 1 atom stereocenters. The second kappa shape index (κ2) is 8.73. The Hall–Kier alpha value is -2.83. The lowest BCUT2D eigenvalue weighted by Gasteiger charge is -2.16. The molecular formula is C25H26N4OS. The zero-order valence-electron chi connectivity index (χ0n) is 17.7. The van der Waals surface area contributed by atoms with Crippen LogP contribution in [0.25, 0.3) is 21.6 Å². The normalized spacial score (nSPS) is 14.4. The summed E-state index contributed by atoms with van der Waals surface area (Å²) in [6.07, 6.45) is 8.93. The lowest BCUT2D eigenvalue weighted by Crippen LogP contribution is -2.30. The highest BCUT2D eigenvalue weighted by molar-refractivity contribution is 7.18. The van der Waals surface area contributed by atoms with Crippen molar-refractivity contribution in [1.29, 1.82) is 0 Å². The molecule has 3 aromatic heterocycles. The Balaban J connectivity index is 1.46. The lowest BCUT2D eigenvalue weighted by atomic mass is 9.97. The van der Waals surface area contributed by atoms with Crippen LogP contribution in [0, 0.1) is 6.92 Å². The number of pyridine rings is 1. The molecule has 0 amide bonds. The third-order valence-electron chi connectivity index (χ3n) is 5.73. The van der Waals surface area contributed by atoms with Crippen molar-refractivity contribution in [3.05, 3.63) is 70.4 Å². The average Bonchev–Trinajstić information content (AvgIpc) is 3.17. The van der Waals surface area contributed by atoms with Gasteiger partial charge >= 0.3 is 0 Å². The maximum atomic E-state index is 6.44. The molecule has 0 fully saturated rings. The molecule has 31 heavy (non-hydrogen) atoms. The van der Waals surface area contributed by atoms with Crippen LogP contribution in [0.15, 0.2) is 48.8 Å². The van der Waals surface area contributed by atoms with Crippen molar-refractivity contribution < 1.29 is 4.74 Å². The van der Waals surface area contributed by atoms with Crippen LogP contribution in [0.2, 0.25) is 0 Å². The number of benzene rings is 1. The summed E-state index contributed by atoms with van der Waals surface area (Å²) >= 11 is 1.78. The summed E-state index contributed by atoms with van der Waals surface area (Å²) in [5.74, 6) is 1.34. The van der Waals surface area contributed by atoms with Crippen molar-refractivity contribution in [3.8, 4) is 17.3 Å². The van der Waals surface area contributed by atoms with Gasteiger partial charge in [0.1, 0.15) is 11.4 Å². The first-order valence-electron chi connectivity index (χ1n) is 10.8. The van der Waals surface area contributed by atoms with E-state index in [0.717, 1.165) is 35.0 Å². The molecule has 158 valence electrons. The quantitative estimate of drug-likeness (QED) is 0.471. The third-order valence-corrected chi connectivity index (χ3v) is 6.92. The fourth-order valence-electron chi connectivity index (χ4n) is 4.25. The minimum atomic E-state index is -0.106. The molecule has 0 saturated carbocycles. The fraction of sp³-hybridized carbons (Fsp3) is 0.320. The second-order valence-electron chi connectivity index (χ2n) is 8.24. The maximum Gasteiger partial charge on any atom is 0.226 e. The summed E-state index contributed by atoms with van der Waals surface area (Å²) in [5, 5.41) is 1.08. The molecule has 0 saturated heterocycles. The van der Waals surface area contributed by atoms with Crippen LogP contribution >= 0.6 is 11.3 Å². The number of aromatic nitrogens is 3. The maximum absolute atomic E-state index is 6.44. The van der Waals surface area contributed by atoms with E-state index in [1.165, 1.54) is 34.4 Å². The van der Waals surface area contributed by atoms with Crippen LogP contribution in [0.5, 0.6) is 5.88 Å². The number of fused-ring (bicyclic) bond motifs is 3. The van der Waals surface area contributed by atoms with Crippen molar-refractivity contribution in [2.75, 3.05) is 6.61 Å². The van der Waals surface area contributed by atoms with Gasteiger partial charge in [0.05, 0.1) is 5.39 Å². The van der Waals surface area contributed by atoms with E-state index in [2.05, 4.69) is 36.2 Å². The van der Waals surface area contributed by atoms with E-state index in [4.69, 9.17) is 20.4 Å². The van der Waals surface area contributed by atoms with E-state index in [9.17, 15) is 0 Å². The number of hydrogen-bond acceptors (Lipinski definition) is 6. The second-order valence-corrected chi connectivity index (χ2v) is 9.33. The zero-order valence-corrected chi connectivity index (χ0v) is 18.5. The number of ether oxygens (including phenoxy) is 1.